The lowest BCUT2D eigenvalue weighted by atomic mass is 10.0. The Hall–Kier alpha value is -4.11. The maximum absolute atomic E-state index is 12.9. The molecule has 93 heavy (non-hydrogen) atoms. The van der Waals surface area contributed by atoms with Gasteiger partial charge in [-0.25, -0.2) is 4.57 Å². The third-order valence-corrected chi connectivity index (χ3v) is 17.1. The van der Waals surface area contributed by atoms with E-state index in [4.69, 9.17) is 18.5 Å². The van der Waals surface area contributed by atoms with Gasteiger partial charge in [-0.1, -0.05) is 346 Å². The van der Waals surface area contributed by atoms with Crippen LogP contribution in [0.2, 0.25) is 0 Å². The fourth-order valence-electron chi connectivity index (χ4n) is 10.4. The molecule has 9 nitrogen and oxygen atoms in total. The van der Waals surface area contributed by atoms with E-state index in [1.54, 1.807) is 0 Å². The van der Waals surface area contributed by atoms with E-state index >= 15 is 0 Å². The Kier molecular flexibility index (Phi) is 69.0. The van der Waals surface area contributed by atoms with Crippen molar-refractivity contribution in [1.82, 2.24) is 0 Å². The van der Waals surface area contributed by atoms with Gasteiger partial charge in [-0.2, -0.15) is 0 Å². The third kappa shape index (κ3) is 76.8. The van der Waals surface area contributed by atoms with Crippen molar-refractivity contribution in [3.63, 3.8) is 0 Å². The van der Waals surface area contributed by atoms with Gasteiger partial charge in [0.15, 0.2) is 6.10 Å². The summed E-state index contributed by atoms with van der Waals surface area (Å²) in [7, 11) is 1.44. The number of allylic oxidation sites excluding steroid dienone is 24. The molecule has 0 radical (unpaired) electrons. The number of esters is 2. The fourth-order valence-corrected chi connectivity index (χ4v) is 11.1. The highest BCUT2D eigenvalue weighted by Crippen LogP contribution is 2.43. The Labute approximate surface area is 573 Å². The van der Waals surface area contributed by atoms with E-state index in [9.17, 15) is 19.0 Å². The SMILES string of the molecule is CC/C=C\C/C=C\C/C=C\C/C=C\C/C=C\C/C=C\C/C=C\C/C=C\C/C=C\C/C=C\C/C=C\C/C=C\CCCCC(=O)OC(COC(=O)CCCCCCCCCCCCCCCCCCCCCCCCCCCCCCCC)COP(=O)(O)OCC[N+](C)(C)C. The van der Waals surface area contributed by atoms with Crippen LogP contribution < -0.4 is 0 Å². The van der Waals surface area contributed by atoms with Gasteiger partial charge in [0.1, 0.15) is 19.8 Å². The zero-order chi connectivity index (χ0) is 67.6. The number of phosphoric ester groups is 1. The van der Waals surface area contributed by atoms with E-state index in [0.717, 1.165) is 109 Å². The molecule has 0 aliphatic heterocycles. The summed E-state index contributed by atoms with van der Waals surface area (Å²) in [6.07, 6.45) is 107. The van der Waals surface area contributed by atoms with Crippen molar-refractivity contribution in [1.29, 1.82) is 0 Å². The van der Waals surface area contributed by atoms with E-state index in [1.807, 2.05) is 21.1 Å². The fraction of sp³-hybridized carbons (Fsp3) is 0.687. The first kappa shape index (κ1) is 88.9. The van der Waals surface area contributed by atoms with Crippen molar-refractivity contribution in [3.8, 4) is 0 Å². The average Bonchev–Trinajstić information content (AvgIpc) is 2.01. The number of unbranched alkanes of at least 4 members (excludes halogenated alkanes) is 31. The highest BCUT2D eigenvalue weighted by molar-refractivity contribution is 7.47. The van der Waals surface area contributed by atoms with Crippen LogP contribution in [0.15, 0.2) is 146 Å². The summed E-state index contributed by atoms with van der Waals surface area (Å²) >= 11 is 0. The van der Waals surface area contributed by atoms with Crippen LogP contribution in [-0.4, -0.2) is 74.9 Å². The molecule has 2 unspecified atom stereocenters. The normalized spacial score (nSPS) is 13.9. The van der Waals surface area contributed by atoms with Gasteiger partial charge in [-0.15, -0.1) is 0 Å². The Morgan fingerprint density at radius 1 is 0.344 bits per heavy atom. The van der Waals surface area contributed by atoms with E-state index in [2.05, 4.69) is 160 Å². The Bertz CT molecular complexity index is 2080. The summed E-state index contributed by atoms with van der Waals surface area (Å²) in [5.74, 6) is -0.847. The number of likely N-dealkylation sites (N-methyl/N-ethyl adjacent to an activating group) is 1. The van der Waals surface area contributed by atoms with Gasteiger partial charge in [0.2, 0.25) is 0 Å². The van der Waals surface area contributed by atoms with Crippen molar-refractivity contribution in [2.75, 3.05) is 47.5 Å². The molecule has 0 aliphatic carbocycles. The Morgan fingerprint density at radius 2 is 0.613 bits per heavy atom. The maximum atomic E-state index is 12.9. The number of carbonyl (C=O) groups excluding carboxylic acids is 2. The largest absolute Gasteiger partial charge is 0.472 e. The molecule has 2 atom stereocenters. The molecule has 0 saturated heterocycles. The molecule has 0 heterocycles. The third-order valence-electron chi connectivity index (χ3n) is 16.1. The molecule has 0 aliphatic rings. The highest BCUT2D eigenvalue weighted by Gasteiger charge is 2.27. The molecule has 0 aromatic carbocycles. The number of ether oxygens (including phenoxy) is 2. The number of carbonyl (C=O) groups is 2. The van der Waals surface area contributed by atoms with Crippen LogP contribution in [0.5, 0.6) is 0 Å². The number of phosphoric acid groups is 1. The second kappa shape index (κ2) is 72.2. The minimum absolute atomic E-state index is 0.0172. The number of hydrogen-bond donors (Lipinski definition) is 1. The summed E-state index contributed by atoms with van der Waals surface area (Å²) in [6.45, 7) is 4.29. The van der Waals surface area contributed by atoms with E-state index in [-0.39, 0.29) is 32.0 Å². The molecule has 10 heteroatoms. The molecule has 0 rings (SSSR count). The summed E-state index contributed by atoms with van der Waals surface area (Å²) in [5.41, 5.74) is 0. The van der Waals surface area contributed by atoms with Crippen LogP contribution in [0.25, 0.3) is 0 Å². The number of hydrogen-bond acceptors (Lipinski definition) is 7. The van der Waals surface area contributed by atoms with Crippen molar-refractivity contribution in [2.24, 2.45) is 0 Å². The van der Waals surface area contributed by atoms with E-state index in [0.29, 0.717) is 17.4 Å². The first-order valence-electron chi connectivity index (χ1n) is 38.1. The molecule has 0 saturated carbocycles. The van der Waals surface area contributed by atoms with E-state index in [1.165, 1.54) is 173 Å². The minimum Gasteiger partial charge on any atom is -0.462 e. The first-order valence-corrected chi connectivity index (χ1v) is 39.6. The molecule has 0 aromatic rings. The minimum atomic E-state index is -4.42. The zero-order valence-electron chi connectivity index (χ0n) is 60.7. The number of rotatable bonds is 69. The van der Waals surface area contributed by atoms with Gasteiger partial charge in [0.25, 0.3) is 0 Å². The molecule has 1 N–H and O–H groups in total. The van der Waals surface area contributed by atoms with Crippen molar-refractivity contribution < 1.29 is 42.1 Å². The molecule has 0 spiro atoms. The highest BCUT2D eigenvalue weighted by atomic mass is 31.2. The summed E-state index contributed by atoms with van der Waals surface area (Å²) in [5, 5.41) is 0. The monoisotopic (exact) mass is 1310 g/mol. The summed E-state index contributed by atoms with van der Waals surface area (Å²) < 4.78 is 34.7. The number of nitrogens with zero attached hydrogens (tertiary/aromatic N) is 1. The zero-order valence-corrected chi connectivity index (χ0v) is 61.6. The van der Waals surface area contributed by atoms with E-state index < -0.39 is 26.5 Å². The van der Waals surface area contributed by atoms with Gasteiger partial charge in [-0.05, 0) is 103 Å². The molecule has 532 valence electrons. The van der Waals surface area contributed by atoms with Crippen molar-refractivity contribution in [3.05, 3.63) is 146 Å². The molecule has 0 fully saturated rings. The lowest BCUT2D eigenvalue weighted by molar-refractivity contribution is -0.870. The summed E-state index contributed by atoms with van der Waals surface area (Å²) in [4.78, 5) is 35.9. The standard InChI is InChI=1S/C83H142NO8P/c1-6-8-10-12-14-16-18-20-22-24-26-28-30-32-34-36-38-39-40-41-42-43-44-45-46-48-50-52-54-56-58-60-62-64-66-68-70-72-74-76-83(86)92-81(80-91-93(87,88)90-78-77-84(3,4)5)79-89-82(85)75-73-71-69-67-65-63-61-59-57-55-53-51-49-47-37-35-33-31-29-27-25-23-21-19-17-15-13-11-9-7-2/h8,10,14,16,20,22,26,28,32,34,38-39,41-42,44-45,48,50,54,56,60,62,66,68,81H,6-7,9,11-13,15,17-19,21,23-25,27,29-31,33,35-37,40,43,46-47,49,51-53,55,57-59,61,63-65,67,69-80H2,1-5H3/p+1/b10-8-,16-14-,22-20-,28-26-,34-32-,39-38-,42-41-,45-44-,50-48-,56-54-,62-60-,68-66-. The second-order valence-electron chi connectivity index (χ2n) is 26.3. The van der Waals surface area contributed by atoms with Crippen LogP contribution in [0.4, 0.5) is 0 Å². The van der Waals surface area contributed by atoms with Crippen LogP contribution in [0, 0.1) is 0 Å². The second-order valence-corrected chi connectivity index (χ2v) is 27.8. The lowest BCUT2D eigenvalue weighted by Crippen LogP contribution is -2.37. The maximum Gasteiger partial charge on any atom is 0.472 e. The first-order chi connectivity index (χ1) is 45.5. The van der Waals surface area contributed by atoms with Crippen LogP contribution >= 0.6 is 7.82 Å². The average molecular weight is 1310 g/mol. The Morgan fingerprint density at radius 3 is 0.914 bits per heavy atom. The van der Waals surface area contributed by atoms with Crippen LogP contribution in [-0.2, 0) is 32.7 Å². The number of quaternary nitrogens is 1. The van der Waals surface area contributed by atoms with Gasteiger partial charge < -0.3 is 18.9 Å². The van der Waals surface area contributed by atoms with Gasteiger partial charge in [-0.3, -0.25) is 18.6 Å². The topological polar surface area (TPSA) is 108 Å². The molecule has 0 aromatic heterocycles. The molecular formula is C83H143NO8P+. The lowest BCUT2D eigenvalue weighted by Gasteiger charge is -2.24. The van der Waals surface area contributed by atoms with Crippen LogP contribution in [0.3, 0.4) is 0 Å². The quantitative estimate of drug-likeness (QED) is 0.0211. The van der Waals surface area contributed by atoms with Gasteiger partial charge >= 0.3 is 19.8 Å². The predicted molar refractivity (Wildman–Crippen MR) is 403 cm³/mol. The smallest absolute Gasteiger partial charge is 0.462 e. The van der Waals surface area contributed by atoms with Gasteiger partial charge in [0.05, 0.1) is 27.7 Å². The molecule has 0 bridgehead atoms. The summed E-state index contributed by atoms with van der Waals surface area (Å²) in [6, 6.07) is 0. The molecular weight excluding hydrogens is 1170 g/mol. The van der Waals surface area contributed by atoms with Crippen molar-refractivity contribution >= 4 is 19.8 Å². The Balaban J connectivity index is 4.14. The van der Waals surface area contributed by atoms with Crippen molar-refractivity contribution in [2.45, 2.75) is 322 Å². The van der Waals surface area contributed by atoms with Crippen LogP contribution in [0.1, 0.15) is 316 Å². The van der Waals surface area contributed by atoms with Gasteiger partial charge in [0, 0.05) is 12.8 Å². The predicted octanol–water partition coefficient (Wildman–Crippen LogP) is 25.3. The molecule has 0 amide bonds.